The number of hydrogen-bond donors (Lipinski definition) is 0. The molecule has 1 unspecified atom stereocenters. The standard InChI is InChI=1S/C37H45N3O3/c1-5-39(6-2)23-24-43-32-16-11-29(12-17-32)26-40(22-21-31-27-38(3)35-10-8-7-9-33(31)35)36-19-15-30-25-28(13-18-34(30)36)14-20-37(41)42-4/h7-14,16-18,20,25,27,36H,5-6,15,19,21-24,26H2,1-4H3. The van der Waals surface area contributed by atoms with E-state index in [-0.39, 0.29) is 5.97 Å². The molecule has 0 bridgehead atoms. The van der Waals surface area contributed by atoms with E-state index in [0.29, 0.717) is 12.6 Å². The lowest BCUT2D eigenvalue weighted by Crippen LogP contribution is -2.29. The van der Waals surface area contributed by atoms with Gasteiger partial charge in [-0.25, -0.2) is 4.79 Å². The van der Waals surface area contributed by atoms with E-state index in [2.05, 4.69) is 108 Å². The maximum Gasteiger partial charge on any atom is 0.330 e. The number of aryl methyl sites for hydroxylation is 2. The van der Waals surface area contributed by atoms with E-state index in [0.717, 1.165) is 63.3 Å². The summed E-state index contributed by atoms with van der Waals surface area (Å²) in [6, 6.07) is 24.3. The Balaban J connectivity index is 1.33. The topological polar surface area (TPSA) is 46.9 Å². The number of ether oxygens (including phenoxy) is 2. The second kappa shape index (κ2) is 14.5. The summed E-state index contributed by atoms with van der Waals surface area (Å²) in [5, 5.41) is 1.34. The van der Waals surface area contributed by atoms with Crippen LogP contribution >= 0.6 is 0 Å². The Hall–Kier alpha value is -3.87. The van der Waals surface area contributed by atoms with Gasteiger partial charge in [-0.3, -0.25) is 4.90 Å². The second-order valence-electron chi connectivity index (χ2n) is 11.4. The first-order valence-electron chi connectivity index (χ1n) is 15.6. The normalized spacial score (nSPS) is 14.7. The molecule has 0 aliphatic heterocycles. The Kier molecular flexibility index (Phi) is 10.3. The number of nitrogens with zero attached hydrogens (tertiary/aromatic N) is 3. The van der Waals surface area contributed by atoms with Crippen LogP contribution in [-0.4, -0.2) is 60.2 Å². The highest BCUT2D eigenvalue weighted by atomic mass is 16.5. The minimum Gasteiger partial charge on any atom is -0.492 e. The molecular weight excluding hydrogens is 534 g/mol. The third kappa shape index (κ3) is 7.56. The first-order valence-corrected chi connectivity index (χ1v) is 15.6. The highest BCUT2D eigenvalue weighted by Gasteiger charge is 2.28. The monoisotopic (exact) mass is 579 g/mol. The van der Waals surface area contributed by atoms with Gasteiger partial charge in [0.25, 0.3) is 0 Å². The maximum atomic E-state index is 11.6. The maximum absolute atomic E-state index is 11.6. The molecule has 5 rings (SSSR count). The molecule has 0 N–H and O–H groups in total. The fourth-order valence-electron chi connectivity index (χ4n) is 6.32. The number of rotatable bonds is 14. The molecule has 1 aliphatic rings. The van der Waals surface area contributed by atoms with Crippen LogP contribution in [0.5, 0.6) is 5.75 Å². The van der Waals surface area contributed by atoms with Gasteiger partial charge >= 0.3 is 5.97 Å². The Morgan fingerprint density at radius 1 is 1.02 bits per heavy atom. The molecule has 1 atom stereocenters. The van der Waals surface area contributed by atoms with Crippen LogP contribution in [0.4, 0.5) is 0 Å². The molecule has 0 radical (unpaired) electrons. The molecule has 0 saturated heterocycles. The molecule has 226 valence electrons. The minimum absolute atomic E-state index is 0.335. The molecule has 0 amide bonds. The van der Waals surface area contributed by atoms with Crippen LogP contribution in [0.2, 0.25) is 0 Å². The highest BCUT2D eigenvalue weighted by Crippen LogP contribution is 2.38. The summed E-state index contributed by atoms with van der Waals surface area (Å²) in [4.78, 5) is 16.6. The van der Waals surface area contributed by atoms with E-state index < -0.39 is 0 Å². The average Bonchev–Trinajstić information content (AvgIpc) is 3.61. The van der Waals surface area contributed by atoms with Gasteiger partial charge < -0.3 is 18.9 Å². The molecule has 1 aliphatic carbocycles. The summed E-state index contributed by atoms with van der Waals surface area (Å²) in [7, 11) is 3.54. The summed E-state index contributed by atoms with van der Waals surface area (Å²) in [5.74, 6) is 0.593. The van der Waals surface area contributed by atoms with Gasteiger partial charge in [-0.1, -0.05) is 62.4 Å². The number of aromatic nitrogens is 1. The van der Waals surface area contributed by atoms with Crippen molar-refractivity contribution in [2.24, 2.45) is 7.05 Å². The van der Waals surface area contributed by atoms with E-state index in [1.165, 1.54) is 46.3 Å². The number of fused-ring (bicyclic) bond motifs is 2. The van der Waals surface area contributed by atoms with Gasteiger partial charge in [0.1, 0.15) is 12.4 Å². The quantitative estimate of drug-likeness (QED) is 0.121. The Bertz CT molecular complexity index is 1530. The molecule has 3 aromatic carbocycles. The number of para-hydroxylation sites is 1. The van der Waals surface area contributed by atoms with Gasteiger partial charge in [0.05, 0.1) is 7.11 Å². The highest BCUT2D eigenvalue weighted by molar-refractivity contribution is 5.87. The molecule has 4 aromatic rings. The number of methoxy groups -OCH3 is 1. The number of carbonyl (C=O) groups excluding carboxylic acids is 1. The summed E-state index contributed by atoms with van der Waals surface area (Å²) in [6.07, 6.45) is 8.71. The Morgan fingerprint density at radius 2 is 1.81 bits per heavy atom. The smallest absolute Gasteiger partial charge is 0.330 e. The van der Waals surface area contributed by atoms with Crippen molar-refractivity contribution in [3.63, 3.8) is 0 Å². The number of esters is 1. The summed E-state index contributed by atoms with van der Waals surface area (Å²) in [5.41, 5.74) is 7.75. The van der Waals surface area contributed by atoms with Crippen molar-refractivity contribution < 1.29 is 14.3 Å². The minimum atomic E-state index is -0.335. The van der Waals surface area contributed by atoms with Crippen molar-refractivity contribution in [2.75, 3.05) is 39.9 Å². The third-order valence-electron chi connectivity index (χ3n) is 8.79. The van der Waals surface area contributed by atoms with Crippen molar-refractivity contribution in [1.82, 2.24) is 14.4 Å². The van der Waals surface area contributed by atoms with Crippen molar-refractivity contribution in [3.8, 4) is 5.75 Å². The first kappa shape index (κ1) is 30.6. The Morgan fingerprint density at radius 3 is 2.58 bits per heavy atom. The van der Waals surface area contributed by atoms with Crippen molar-refractivity contribution in [2.45, 2.75) is 45.7 Å². The van der Waals surface area contributed by atoms with E-state index in [1.54, 1.807) is 0 Å². The second-order valence-corrected chi connectivity index (χ2v) is 11.4. The van der Waals surface area contributed by atoms with Crippen LogP contribution in [-0.2, 0) is 36.0 Å². The van der Waals surface area contributed by atoms with Crippen LogP contribution < -0.4 is 4.74 Å². The van der Waals surface area contributed by atoms with Crippen molar-refractivity contribution in [3.05, 3.63) is 107 Å². The largest absolute Gasteiger partial charge is 0.492 e. The molecule has 0 fully saturated rings. The molecular formula is C37H45N3O3. The molecule has 1 aromatic heterocycles. The van der Waals surface area contributed by atoms with Crippen LogP contribution in [0.1, 0.15) is 54.1 Å². The number of hydrogen-bond acceptors (Lipinski definition) is 5. The Labute approximate surface area is 256 Å². The fourth-order valence-corrected chi connectivity index (χ4v) is 6.32. The molecule has 0 spiro atoms. The number of carbonyl (C=O) groups is 1. The van der Waals surface area contributed by atoms with Gasteiger partial charge in [0.2, 0.25) is 0 Å². The molecule has 1 heterocycles. The molecule has 43 heavy (non-hydrogen) atoms. The van der Waals surface area contributed by atoms with Crippen LogP contribution in [0.3, 0.4) is 0 Å². The van der Waals surface area contributed by atoms with E-state index in [4.69, 9.17) is 9.47 Å². The van der Waals surface area contributed by atoms with Gasteiger partial charge in [0.15, 0.2) is 0 Å². The fraction of sp³-hybridized carbons (Fsp3) is 0.378. The molecule has 6 heteroatoms. The zero-order valence-electron chi connectivity index (χ0n) is 26.1. The summed E-state index contributed by atoms with van der Waals surface area (Å²) in [6.45, 7) is 9.95. The zero-order valence-corrected chi connectivity index (χ0v) is 26.1. The van der Waals surface area contributed by atoms with Gasteiger partial charge in [-0.2, -0.15) is 0 Å². The number of likely N-dealkylation sites (N-methyl/N-ethyl adjacent to an activating group) is 1. The first-order chi connectivity index (χ1) is 21.0. The van der Waals surface area contributed by atoms with Gasteiger partial charge in [0, 0.05) is 55.9 Å². The van der Waals surface area contributed by atoms with Crippen molar-refractivity contribution in [1.29, 1.82) is 0 Å². The van der Waals surface area contributed by atoms with E-state index >= 15 is 0 Å². The predicted molar refractivity (Wildman–Crippen MR) is 175 cm³/mol. The van der Waals surface area contributed by atoms with Gasteiger partial charge in [-0.05, 0) is 84.4 Å². The number of benzene rings is 3. The summed E-state index contributed by atoms with van der Waals surface area (Å²) < 4.78 is 13.1. The lowest BCUT2D eigenvalue weighted by Gasteiger charge is -2.30. The molecule has 0 saturated carbocycles. The SMILES string of the molecule is CCN(CC)CCOc1ccc(CN(CCc2cn(C)c3ccccc23)C2CCc3cc(C=CC(=O)OC)ccc32)cc1. The third-order valence-corrected chi connectivity index (χ3v) is 8.79. The predicted octanol–water partition coefficient (Wildman–Crippen LogP) is 6.82. The lowest BCUT2D eigenvalue weighted by molar-refractivity contribution is -0.134. The van der Waals surface area contributed by atoms with E-state index in [9.17, 15) is 4.79 Å². The van der Waals surface area contributed by atoms with Crippen LogP contribution in [0.25, 0.3) is 17.0 Å². The lowest BCUT2D eigenvalue weighted by atomic mass is 10.0. The van der Waals surface area contributed by atoms with Crippen LogP contribution in [0, 0.1) is 0 Å². The zero-order chi connectivity index (χ0) is 30.2. The average molecular weight is 580 g/mol. The van der Waals surface area contributed by atoms with Gasteiger partial charge in [-0.15, -0.1) is 0 Å². The van der Waals surface area contributed by atoms with Crippen molar-refractivity contribution >= 4 is 22.9 Å². The molecule has 6 nitrogen and oxygen atoms in total. The van der Waals surface area contributed by atoms with Crippen LogP contribution in [0.15, 0.2) is 79.0 Å². The summed E-state index contributed by atoms with van der Waals surface area (Å²) >= 11 is 0. The van der Waals surface area contributed by atoms with E-state index in [1.807, 2.05) is 6.08 Å².